The van der Waals surface area contributed by atoms with E-state index in [0.29, 0.717) is 23.0 Å². The summed E-state index contributed by atoms with van der Waals surface area (Å²) in [7, 11) is -0.563. The van der Waals surface area contributed by atoms with Gasteiger partial charge in [0, 0.05) is 17.7 Å². The molecule has 0 aliphatic rings. The molecule has 0 fully saturated rings. The van der Waals surface area contributed by atoms with Gasteiger partial charge in [0.2, 0.25) is 0 Å². The number of nitrogens with zero attached hydrogens (tertiary/aromatic N) is 1. The van der Waals surface area contributed by atoms with Gasteiger partial charge in [-0.15, -0.1) is 0 Å². The molecule has 0 atom stereocenters. The molecule has 0 bridgehead atoms. The number of hydrogen-bond acceptors (Lipinski definition) is 5. The SMILES string of the molecule is CCc1ccc(S(=O)(=O)Nc2cc(-c3nc4cc(OC)c(OC)cc4[nH]3)ccc2C)cc1. The van der Waals surface area contributed by atoms with E-state index in [-0.39, 0.29) is 4.90 Å². The first kappa shape index (κ1) is 21.7. The van der Waals surface area contributed by atoms with Crippen LogP contribution < -0.4 is 14.2 Å². The largest absolute Gasteiger partial charge is 0.493 e. The number of aromatic nitrogens is 2. The lowest BCUT2D eigenvalue weighted by Crippen LogP contribution is -2.14. The Morgan fingerprint density at radius 3 is 2.31 bits per heavy atom. The molecule has 0 unspecified atom stereocenters. The molecular formula is C24H25N3O4S. The summed E-state index contributed by atoms with van der Waals surface area (Å²) in [5.41, 5.74) is 4.65. The number of aryl methyl sites for hydroxylation is 2. The standard InChI is InChI=1S/C24H25N3O4S/c1-5-16-7-10-18(11-8-16)32(28,29)27-19-12-17(9-6-15(19)2)24-25-20-13-22(30-3)23(31-4)14-21(20)26-24/h6-14,27H,5H2,1-4H3,(H,25,26). The minimum Gasteiger partial charge on any atom is -0.493 e. The number of benzene rings is 3. The van der Waals surface area contributed by atoms with Crippen molar-refractivity contribution in [2.45, 2.75) is 25.2 Å². The van der Waals surface area contributed by atoms with Crippen molar-refractivity contribution in [1.82, 2.24) is 9.97 Å². The highest BCUT2D eigenvalue weighted by Gasteiger charge is 2.17. The summed E-state index contributed by atoms with van der Waals surface area (Å²) in [6, 6.07) is 16.1. The van der Waals surface area contributed by atoms with Crippen LogP contribution in [0.4, 0.5) is 5.69 Å². The van der Waals surface area contributed by atoms with Crippen LogP contribution in [0.15, 0.2) is 59.5 Å². The molecule has 0 amide bonds. The highest BCUT2D eigenvalue weighted by molar-refractivity contribution is 7.92. The molecule has 4 aromatic rings. The van der Waals surface area contributed by atoms with Crippen molar-refractivity contribution in [1.29, 1.82) is 0 Å². The number of sulfonamides is 1. The van der Waals surface area contributed by atoms with Crippen LogP contribution in [0, 0.1) is 6.92 Å². The molecule has 0 radical (unpaired) electrons. The fourth-order valence-corrected chi connectivity index (χ4v) is 4.58. The number of methoxy groups -OCH3 is 2. The summed E-state index contributed by atoms with van der Waals surface area (Å²) in [5.74, 6) is 1.80. The molecule has 1 heterocycles. The third-order valence-electron chi connectivity index (χ3n) is 5.38. The summed E-state index contributed by atoms with van der Waals surface area (Å²) >= 11 is 0. The molecule has 8 heteroatoms. The summed E-state index contributed by atoms with van der Waals surface area (Å²) in [5, 5.41) is 0. The fourth-order valence-electron chi connectivity index (χ4n) is 3.46. The second-order valence-electron chi connectivity index (χ2n) is 7.44. The first-order chi connectivity index (χ1) is 15.3. The third kappa shape index (κ3) is 4.13. The Labute approximate surface area is 187 Å². The molecule has 4 rings (SSSR count). The zero-order valence-corrected chi connectivity index (χ0v) is 19.2. The lowest BCUT2D eigenvalue weighted by atomic mass is 10.1. The number of imidazole rings is 1. The molecule has 0 aliphatic carbocycles. The van der Waals surface area contributed by atoms with Crippen LogP contribution in [-0.2, 0) is 16.4 Å². The normalized spacial score (nSPS) is 11.5. The smallest absolute Gasteiger partial charge is 0.261 e. The second kappa shape index (κ2) is 8.55. The molecule has 0 aliphatic heterocycles. The van der Waals surface area contributed by atoms with Gasteiger partial charge in [0.1, 0.15) is 5.82 Å². The topological polar surface area (TPSA) is 93.3 Å². The monoisotopic (exact) mass is 451 g/mol. The number of hydrogen-bond donors (Lipinski definition) is 2. The predicted octanol–water partition coefficient (Wildman–Crippen LogP) is 4.92. The fraction of sp³-hybridized carbons (Fsp3) is 0.208. The molecule has 7 nitrogen and oxygen atoms in total. The third-order valence-corrected chi connectivity index (χ3v) is 6.77. The zero-order chi connectivity index (χ0) is 22.9. The van der Waals surface area contributed by atoms with Gasteiger partial charge in [-0.1, -0.05) is 31.2 Å². The van der Waals surface area contributed by atoms with Gasteiger partial charge < -0.3 is 14.5 Å². The minimum atomic E-state index is -3.72. The highest BCUT2D eigenvalue weighted by atomic mass is 32.2. The maximum Gasteiger partial charge on any atom is 0.261 e. The Morgan fingerprint density at radius 1 is 0.969 bits per heavy atom. The van der Waals surface area contributed by atoms with Crippen LogP contribution in [0.3, 0.4) is 0 Å². The molecule has 0 saturated carbocycles. The van der Waals surface area contributed by atoms with Gasteiger partial charge in [0.05, 0.1) is 35.8 Å². The van der Waals surface area contributed by atoms with E-state index in [4.69, 9.17) is 9.47 Å². The van der Waals surface area contributed by atoms with E-state index in [1.807, 2.05) is 44.2 Å². The molecule has 32 heavy (non-hydrogen) atoms. The molecule has 1 aromatic heterocycles. The van der Waals surface area contributed by atoms with Gasteiger partial charge in [0.25, 0.3) is 10.0 Å². The van der Waals surface area contributed by atoms with E-state index in [0.717, 1.165) is 34.1 Å². The van der Waals surface area contributed by atoms with E-state index in [9.17, 15) is 8.42 Å². The Hall–Kier alpha value is -3.52. The van der Waals surface area contributed by atoms with Gasteiger partial charge >= 0.3 is 0 Å². The van der Waals surface area contributed by atoms with Crippen molar-refractivity contribution in [2.24, 2.45) is 0 Å². The molecule has 0 spiro atoms. The number of ether oxygens (including phenoxy) is 2. The number of rotatable bonds is 7. The van der Waals surface area contributed by atoms with Crippen LogP contribution in [0.2, 0.25) is 0 Å². The quantitative estimate of drug-likeness (QED) is 0.416. The minimum absolute atomic E-state index is 0.224. The maximum atomic E-state index is 12.9. The van der Waals surface area contributed by atoms with Gasteiger partial charge in [-0.25, -0.2) is 13.4 Å². The van der Waals surface area contributed by atoms with Crippen molar-refractivity contribution in [3.63, 3.8) is 0 Å². The molecule has 166 valence electrons. The number of nitrogens with one attached hydrogen (secondary N) is 2. The summed E-state index contributed by atoms with van der Waals surface area (Å²) in [6.07, 6.45) is 0.851. The predicted molar refractivity (Wildman–Crippen MR) is 126 cm³/mol. The Kier molecular flexibility index (Phi) is 5.80. The van der Waals surface area contributed by atoms with E-state index >= 15 is 0 Å². The van der Waals surface area contributed by atoms with Crippen LogP contribution >= 0.6 is 0 Å². The van der Waals surface area contributed by atoms with E-state index in [2.05, 4.69) is 14.7 Å². The van der Waals surface area contributed by atoms with E-state index < -0.39 is 10.0 Å². The summed E-state index contributed by atoms with van der Waals surface area (Å²) in [6.45, 7) is 3.89. The van der Waals surface area contributed by atoms with E-state index in [1.165, 1.54) is 0 Å². The Morgan fingerprint density at radius 2 is 1.66 bits per heavy atom. The summed E-state index contributed by atoms with van der Waals surface area (Å²) in [4.78, 5) is 8.14. The molecular weight excluding hydrogens is 426 g/mol. The summed E-state index contributed by atoms with van der Waals surface area (Å²) < 4.78 is 39.3. The molecule has 2 N–H and O–H groups in total. The van der Waals surface area contributed by atoms with Crippen molar-refractivity contribution in [3.8, 4) is 22.9 Å². The first-order valence-electron chi connectivity index (χ1n) is 10.2. The average Bonchev–Trinajstić information content (AvgIpc) is 3.22. The van der Waals surface area contributed by atoms with Crippen molar-refractivity contribution in [2.75, 3.05) is 18.9 Å². The highest BCUT2D eigenvalue weighted by Crippen LogP contribution is 2.33. The number of aromatic amines is 1. The molecule has 3 aromatic carbocycles. The first-order valence-corrected chi connectivity index (χ1v) is 11.7. The van der Waals surface area contributed by atoms with Gasteiger partial charge in [-0.2, -0.15) is 0 Å². The lowest BCUT2D eigenvalue weighted by molar-refractivity contribution is 0.356. The number of fused-ring (bicyclic) bond motifs is 1. The van der Waals surface area contributed by atoms with Crippen molar-refractivity contribution >= 4 is 26.7 Å². The Balaban J connectivity index is 1.69. The van der Waals surface area contributed by atoms with Gasteiger partial charge in [0.15, 0.2) is 11.5 Å². The number of H-pyrrole nitrogens is 1. The van der Waals surface area contributed by atoms with Crippen LogP contribution in [-0.4, -0.2) is 32.6 Å². The molecule has 0 saturated heterocycles. The van der Waals surface area contributed by atoms with Crippen LogP contribution in [0.25, 0.3) is 22.4 Å². The van der Waals surface area contributed by atoms with Gasteiger partial charge in [-0.3, -0.25) is 4.72 Å². The lowest BCUT2D eigenvalue weighted by Gasteiger charge is -2.12. The Bertz CT molecular complexity index is 1340. The maximum absolute atomic E-state index is 12.9. The van der Waals surface area contributed by atoms with E-state index in [1.54, 1.807) is 38.5 Å². The number of anilines is 1. The average molecular weight is 452 g/mol. The van der Waals surface area contributed by atoms with Crippen molar-refractivity contribution < 1.29 is 17.9 Å². The van der Waals surface area contributed by atoms with Crippen molar-refractivity contribution in [3.05, 3.63) is 65.7 Å². The van der Waals surface area contributed by atoms with Gasteiger partial charge in [-0.05, 0) is 42.7 Å². The zero-order valence-electron chi connectivity index (χ0n) is 18.4. The second-order valence-corrected chi connectivity index (χ2v) is 9.12. The van der Waals surface area contributed by atoms with Crippen LogP contribution in [0.1, 0.15) is 18.1 Å². The van der Waals surface area contributed by atoms with Crippen LogP contribution in [0.5, 0.6) is 11.5 Å².